The number of hydrogen-bond donors (Lipinski definition) is 2. The second-order valence-corrected chi connectivity index (χ2v) is 13.9. The number of nitrogen functional groups attached to an aromatic ring is 1. The summed E-state index contributed by atoms with van der Waals surface area (Å²) in [6, 6.07) is 6.00. The predicted molar refractivity (Wildman–Crippen MR) is 187 cm³/mol. The number of nitrogens with zero attached hydrogens (tertiary/aromatic N) is 7. The van der Waals surface area contributed by atoms with Crippen molar-refractivity contribution in [3.05, 3.63) is 57.5 Å². The molecule has 2 aliphatic heterocycles. The number of likely N-dealkylation sites (N-methyl/N-ethyl adjacent to an activating group) is 2. The van der Waals surface area contributed by atoms with Crippen molar-refractivity contribution in [2.75, 3.05) is 46.6 Å². The summed E-state index contributed by atoms with van der Waals surface area (Å²) in [5.74, 6) is 2.21. The maximum Gasteiger partial charge on any atom is 0.219 e. The first kappa shape index (κ1) is 32.4. The van der Waals surface area contributed by atoms with E-state index in [1.54, 1.807) is 13.2 Å². The molecular formula is C36H47N9O3. The molecule has 4 N–H and O–H groups in total. The van der Waals surface area contributed by atoms with Gasteiger partial charge in [-0.1, -0.05) is 11.2 Å². The molecule has 4 aliphatic rings. The van der Waals surface area contributed by atoms with Crippen LogP contribution in [-0.2, 0) is 29.5 Å². The molecule has 1 saturated heterocycles. The molecule has 12 heteroatoms. The van der Waals surface area contributed by atoms with Crippen LogP contribution in [0, 0.1) is 0 Å². The van der Waals surface area contributed by atoms with Crippen molar-refractivity contribution >= 4 is 24.4 Å². The van der Waals surface area contributed by atoms with Crippen molar-refractivity contribution in [3.63, 3.8) is 0 Å². The number of aromatic nitrogens is 3. The first-order valence-electron chi connectivity index (χ1n) is 17.0. The first-order valence-corrected chi connectivity index (χ1v) is 17.0. The average Bonchev–Trinajstić information content (AvgIpc) is 3.79. The van der Waals surface area contributed by atoms with Crippen molar-refractivity contribution in [1.82, 2.24) is 24.9 Å². The van der Waals surface area contributed by atoms with Gasteiger partial charge in [0.2, 0.25) is 5.88 Å². The second kappa shape index (κ2) is 13.1. The van der Waals surface area contributed by atoms with E-state index in [0.29, 0.717) is 29.8 Å². The van der Waals surface area contributed by atoms with Gasteiger partial charge in [-0.3, -0.25) is 9.89 Å². The van der Waals surface area contributed by atoms with Gasteiger partial charge in [-0.2, -0.15) is 4.98 Å². The molecule has 0 amide bonds. The van der Waals surface area contributed by atoms with Crippen LogP contribution >= 0.6 is 0 Å². The molecule has 1 aromatic carbocycles. The van der Waals surface area contributed by atoms with E-state index < -0.39 is 0 Å². The van der Waals surface area contributed by atoms with E-state index in [4.69, 9.17) is 40.4 Å². The lowest BCUT2D eigenvalue weighted by molar-refractivity contribution is 0.0174. The summed E-state index contributed by atoms with van der Waals surface area (Å²) in [4.78, 5) is 23.4. The summed E-state index contributed by atoms with van der Waals surface area (Å²) in [7, 11) is 5.95. The Morgan fingerprint density at radius 1 is 1.17 bits per heavy atom. The summed E-state index contributed by atoms with van der Waals surface area (Å²) in [6.07, 6.45) is 8.06. The van der Waals surface area contributed by atoms with Crippen molar-refractivity contribution in [2.45, 2.75) is 82.1 Å². The number of likely N-dealkylation sites (tertiary alicyclic amines) is 1. The van der Waals surface area contributed by atoms with Crippen molar-refractivity contribution in [1.29, 1.82) is 0 Å². The number of aryl methyl sites for hydroxylation is 1. The molecule has 2 aromatic heterocycles. The predicted octanol–water partition coefficient (Wildman–Crippen LogP) is 4.22. The minimum Gasteiger partial charge on any atom is -0.473 e. The summed E-state index contributed by atoms with van der Waals surface area (Å²) < 4.78 is 18.7. The number of fused-ring (bicyclic) bond motifs is 4. The van der Waals surface area contributed by atoms with E-state index >= 15 is 0 Å². The highest BCUT2D eigenvalue weighted by molar-refractivity contribution is 5.82. The quantitative estimate of drug-likeness (QED) is 0.254. The Hall–Kier alpha value is -4.13. The van der Waals surface area contributed by atoms with Crippen LogP contribution in [0.25, 0.3) is 11.5 Å². The van der Waals surface area contributed by atoms with Gasteiger partial charge in [-0.05, 0) is 83.5 Å². The molecule has 4 heterocycles. The van der Waals surface area contributed by atoms with E-state index in [1.165, 1.54) is 11.1 Å². The van der Waals surface area contributed by atoms with Gasteiger partial charge in [0, 0.05) is 73.5 Å². The Morgan fingerprint density at radius 3 is 2.83 bits per heavy atom. The molecule has 4 atom stereocenters. The van der Waals surface area contributed by atoms with Crippen LogP contribution in [0.15, 0.2) is 44.0 Å². The Labute approximate surface area is 282 Å². The number of aliphatic imine (C=N–C) groups is 2. The van der Waals surface area contributed by atoms with E-state index in [0.717, 1.165) is 98.4 Å². The molecule has 1 fully saturated rings. The summed E-state index contributed by atoms with van der Waals surface area (Å²) >= 11 is 0. The number of rotatable bonds is 9. The van der Waals surface area contributed by atoms with E-state index in [1.807, 2.05) is 12.3 Å². The standard InChI is InChI=1S/C36H47N9O3/c1-21(33-28(46-5)12-16-45(33)4)47-30-17-29(40-18-23-20-44(3)15-11-26(23)37)41-35(42-30)32-24-7-6-13-36(34(24)48-43-32)14-10-22-8-9-27(38)25(19-39-2)31(22)36/h8-9,17-18,21,28,33H,2,6-7,10-16,19-20,37-38H2,1,3-5H3/t21-,28-,33+,36-/m0/s1. The van der Waals surface area contributed by atoms with Gasteiger partial charge in [-0.15, -0.1) is 0 Å². The number of methoxy groups -OCH3 is 1. The number of nitrogens with two attached hydrogens (primary N) is 2. The van der Waals surface area contributed by atoms with Gasteiger partial charge in [0.25, 0.3) is 0 Å². The lowest BCUT2D eigenvalue weighted by Crippen LogP contribution is -2.44. The molecule has 7 rings (SSSR count). The number of benzene rings is 1. The van der Waals surface area contributed by atoms with Crippen molar-refractivity contribution < 1.29 is 14.0 Å². The van der Waals surface area contributed by atoms with E-state index in [9.17, 15) is 0 Å². The minimum absolute atomic E-state index is 0.0743. The van der Waals surface area contributed by atoms with E-state index in [2.05, 4.69) is 53.8 Å². The average molecular weight is 654 g/mol. The molecule has 12 nitrogen and oxygen atoms in total. The van der Waals surface area contributed by atoms with Crippen LogP contribution in [0.5, 0.6) is 5.88 Å². The third-order valence-corrected chi connectivity index (χ3v) is 10.9. The van der Waals surface area contributed by atoms with Gasteiger partial charge >= 0.3 is 0 Å². The van der Waals surface area contributed by atoms with Crippen LogP contribution in [0.3, 0.4) is 0 Å². The monoisotopic (exact) mass is 653 g/mol. The second-order valence-electron chi connectivity index (χ2n) is 13.9. The number of ether oxygens (including phenoxy) is 2. The molecule has 3 aromatic rings. The first-order chi connectivity index (χ1) is 23.2. The molecule has 0 bridgehead atoms. The molecule has 0 saturated carbocycles. The van der Waals surface area contributed by atoms with Gasteiger partial charge < -0.3 is 30.4 Å². The fraction of sp³-hybridized carbons (Fsp3) is 0.528. The smallest absolute Gasteiger partial charge is 0.219 e. The molecule has 0 unspecified atom stereocenters. The van der Waals surface area contributed by atoms with Crippen LogP contribution < -0.4 is 16.2 Å². The van der Waals surface area contributed by atoms with Gasteiger partial charge in [0.1, 0.15) is 6.10 Å². The zero-order valence-electron chi connectivity index (χ0n) is 28.5. The fourth-order valence-corrected chi connectivity index (χ4v) is 8.49. The zero-order valence-corrected chi connectivity index (χ0v) is 28.5. The fourth-order valence-electron chi connectivity index (χ4n) is 8.49. The Kier molecular flexibility index (Phi) is 8.82. The highest BCUT2D eigenvalue weighted by Gasteiger charge is 2.49. The highest BCUT2D eigenvalue weighted by Crippen LogP contribution is 2.54. The SMILES string of the molecule is C=NCc1c(N)ccc2c1[C@]1(CCCc3c(-c4nc(N=CC5=C(N)CCN(C)C5)cc(O[C@@H](C)[C@@H]5[C@@H](OC)CCN5C)n4)noc31)CC2. The number of anilines is 1. The van der Waals surface area contributed by atoms with Crippen molar-refractivity contribution in [2.24, 2.45) is 15.7 Å². The van der Waals surface area contributed by atoms with Crippen molar-refractivity contribution in [3.8, 4) is 17.4 Å². The minimum atomic E-state index is -0.327. The third-order valence-electron chi connectivity index (χ3n) is 10.9. The van der Waals surface area contributed by atoms with Gasteiger partial charge in [0.05, 0.1) is 24.1 Å². The molecule has 1 spiro atoms. The summed E-state index contributed by atoms with van der Waals surface area (Å²) in [5.41, 5.74) is 20.4. The molecular weight excluding hydrogens is 606 g/mol. The lowest BCUT2D eigenvalue weighted by atomic mass is 9.68. The Morgan fingerprint density at radius 2 is 2.02 bits per heavy atom. The normalized spacial score (nSPS) is 25.2. The molecule has 48 heavy (non-hydrogen) atoms. The van der Waals surface area contributed by atoms with Gasteiger partial charge in [0.15, 0.2) is 23.1 Å². The van der Waals surface area contributed by atoms with Gasteiger partial charge in [-0.25, -0.2) is 9.98 Å². The summed E-state index contributed by atoms with van der Waals surface area (Å²) in [6.45, 7) is 8.90. The highest BCUT2D eigenvalue weighted by atomic mass is 16.5. The zero-order chi connectivity index (χ0) is 33.6. The Bertz CT molecular complexity index is 1770. The van der Waals surface area contributed by atoms with Crippen LogP contribution in [0.2, 0.25) is 0 Å². The lowest BCUT2D eigenvalue weighted by Gasteiger charge is -2.34. The Balaban J connectivity index is 1.30. The van der Waals surface area contributed by atoms with Crippen LogP contribution in [-0.4, -0.2) is 96.9 Å². The third kappa shape index (κ3) is 5.69. The molecule has 2 aliphatic carbocycles. The van der Waals surface area contributed by atoms with Crippen LogP contribution in [0.4, 0.5) is 11.5 Å². The topological polar surface area (TPSA) is 154 Å². The molecule has 254 valence electrons. The maximum absolute atomic E-state index is 6.57. The number of hydrogen-bond acceptors (Lipinski definition) is 12. The molecule has 0 radical (unpaired) electrons. The summed E-state index contributed by atoms with van der Waals surface area (Å²) in [5, 5.41) is 4.67. The largest absolute Gasteiger partial charge is 0.473 e. The van der Waals surface area contributed by atoms with Crippen LogP contribution in [0.1, 0.15) is 67.0 Å². The van der Waals surface area contributed by atoms with E-state index in [-0.39, 0.29) is 23.7 Å². The maximum atomic E-state index is 6.57.